The number of carbonyl (C=O) groups is 1. The molecule has 0 aromatic carbocycles. The molecule has 2 rings (SSSR count). The number of carbonyl (C=O) groups excluding carboxylic acids is 1. The lowest BCUT2D eigenvalue weighted by Crippen LogP contribution is -2.59. The van der Waals surface area contributed by atoms with E-state index in [9.17, 15) is 4.79 Å². The van der Waals surface area contributed by atoms with Crippen molar-refractivity contribution in [1.82, 2.24) is 10.2 Å². The zero-order chi connectivity index (χ0) is 11.1. The summed E-state index contributed by atoms with van der Waals surface area (Å²) in [4.78, 5) is 13.5. The highest BCUT2D eigenvalue weighted by Gasteiger charge is 2.56. The average molecular weight is 212 g/mol. The molecule has 1 aliphatic heterocycles. The zero-order valence-corrected chi connectivity index (χ0v) is 9.80. The molecule has 1 amide bonds. The van der Waals surface area contributed by atoms with Crippen LogP contribution in [0.1, 0.15) is 32.6 Å². The van der Waals surface area contributed by atoms with Gasteiger partial charge in [-0.1, -0.05) is 0 Å². The molecule has 1 saturated heterocycles. The fourth-order valence-corrected chi connectivity index (χ4v) is 2.82. The third kappa shape index (κ3) is 1.66. The first-order valence-corrected chi connectivity index (χ1v) is 5.60. The van der Waals surface area contributed by atoms with Gasteiger partial charge in [0.05, 0.1) is 0 Å². The number of piperidine rings is 1. The van der Waals surface area contributed by atoms with Gasteiger partial charge < -0.3 is 9.64 Å². The van der Waals surface area contributed by atoms with Crippen LogP contribution in [0.5, 0.6) is 0 Å². The van der Waals surface area contributed by atoms with Crippen LogP contribution in [0.2, 0.25) is 0 Å². The van der Waals surface area contributed by atoms with Crippen molar-refractivity contribution < 1.29 is 9.53 Å². The highest BCUT2D eigenvalue weighted by atomic mass is 16.5. The van der Waals surface area contributed by atoms with Crippen LogP contribution >= 0.6 is 0 Å². The molecule has 0 aromatic rings. The number of ether oxygens (including phenoxy) is 1. The van der Waals surface area contributed by atoms with Gasteiger partial charge in [-0.05, 0) is 19.9 Å². The van der Waals surface area contributed by atoms with Gasteiger partial charge in [0.2, 0.25) is 5.91 Å². The molecule has 1 heterocycles. The Morgan fingerprint density at radius 2 is 2.07 bits per heavy atom. The Hall–Kier alpha value is -0.610. The number of rotatable bonds is 2. The van der Waals surface area contributed by atoms with Gasteiger partial charge in [0.1, 0.15) is 5.72 Å². The monoisotopic (exact) mass is 212 g/mol. The number of nitrogens with zero attached hydrogens (tertiary/aromatic N) is 1. The Balaban J connectivity index is 2.14. The molecule has 0 bridgehead atoms. The number of likely N-dealkylation sites (tertiary alicyclic amines) is 1. The standard InChI is InChI=1S/C11H20N2O2/c1-9(14)13-7-6-11(12-2,15-3)8-10(13)4-5-10/h12H,4-8H2,1-3H3. The molecule has 1 aliphatic carbocycles. The van der Waals surface area contributed by atoms with Crippen LogP contribution in [0.3, 0.4) is 0 Å². The molecule has 15 heavy (non-hydrogen) atoms. The van der Waals surface area contributed by atoms with E-state index >= 15 is 0 Å². The van der Waals surface area contributed by atoms with E-state index in [1.54, 1.807) is 14.0 Å². The maximum Gasteiger partial charge on any atom is 0.219 e. The molecule has 0 aromatic heterocycles. The first-order chi connectivity index (χ1) is 7.07. The summed E-state index contributed by atoms with van der Waals surface area (Å²) in [6.07, 6.45) is 4.05. The normalized spacial score (nSPS) is 33.1. The Morgan fingerprint density at radius 3 is 2.47 bits per heavy atom. The fraction of sp³-hybridized carbons (Fsp3) is 0.909. The molecule has 4 nitrogen and oxygen atoms in total. The van der Waals surface area contributed by atoms with Crippen molar-refractivity contribution in [2.75, 3.05) is 20.7 Å². The van der Waals surface area contributed by atoms with E-state index in [2.05, 4.69) is 5.32 Å². The highest BCUT2D eigenvalue weighted by molar-refractivity contribution is 5.75. The first kappa shape index (κ1) is 10.9. The fourth-order valence-electron chi connectivity index (χ4n) is 2.82. The number of hydrogen-bond donors (Lipinski definition) is 1. The average Bonchev–Trinajstić information content (AvgIpc) is 2.97. The smallest absolute Gasteiger partial charge is 0.219 e. The zero-order valence-electron chi connectivity index (χ0n) is 9.80. The van der Waals surface area contributed by atoms with E-state index in [4.69, 9.17) is 4.74 Å². The van der Waals surface area contributed by atoms with E-state index in [0.29, 0.717) is 0 Å². The van der Waals surface area contributed by atoms with E-state index in [1.165, 1.54) is 0 Å². The number of hydrogen-bond acceptors (Lipinski definition) is 3. The van der Waals surface area contributed by atoms with Crippen molar-refractivity contribution in [3.8, 4) is 0 Å². The summed E-state index contributed by atoms with van der Waals surface area (Å²) in [5.41, 5.74) is -0.119. The van der Waals surface area contributed by atoms with E-state index in [-0.39, 0.29) is 17.2 Å². The van der Waals surface area contributed by atoms with Crippen molar-refractivity contribution in [1.29, 1.82) is 0 Å². The van der Waals surface area contributed by atoms with Crippen molar-refractivity contribution >= 4 is 5.91 Å². The Labute approximate surface area is 91.0 Å². The van der Waals surface area contributed by atoms with Crippen LogP contribution in [-0.2, 0) is 9.53 Å². The molecule has 2 fully saturated rings. The van der Waals surface area contributed by atoms with Crippen molar-refractivity contribution in [3.63, 3.8) is 0 Å². The Morgan fingerprint density at radius 1 is 1.40 bits per heavy atom. The summed E-state index contributed by atoms with van der Waals surface area (Å²) in [5, 5.41) is 3.26. The molecule has 2 aliphatic rings. The Bertz CT molecular complexity index is 270. The molecular weight excluding hydrogens is 192 g/mol. The predicted molar refractivity (Wildman–Crippen MR) is 57.4 cm³/mol. The minimum Gasteiger partial charge on any atom is -0.364 e. The summed E-state index contributed by atoms with van der Waals surface area (Å²) in [6, 6.07) is 0. The minimum absolute atomic E-state index is 0.100. The molecule has 1 saturated carbocycles. The summed E-state index contributed by atoms with van der Waals surface area (Å²) in [6.45, 7) is 2.48. The predicted octanol–water partition coefficient (Wildman–Crippen LogP) is 0.723. The summed E-state index contributed by atoms with van der Waals surface area (Å²) in [7, 11) is 3.68. The molecular formula is C11H20N2O2. The SMILES string of the molecule is CNC1(OC)CCN(C(C)=O)C2(CC2)C1. The highest BCUT2D eigenvalue weighted by Crippen LogP contribution is 2.51. The van der Waals surface area contributed by atoms with Crippen molar-refractivity contribution in [2.24, 2.45) is 0 Å². The molecule has 1 spiro atoms. The quantitative estimate of drug-likeness (QED) is 0.686. The molecule has 1 N–H and O–H groups in total. The minimum atomic E-state index is -0.220. The second-order valence-corrected chi connectivity index (χ2v) is 4.77. The molecule has 4 heteroatoms. The van der Waals surface area contributed by atoms with E-state index in [0.717, 1.165) is 32.2 Å². The van der Waals surface area contributed by atoms with Gasteiger partial charge in [0.25, 0.3) is 0 Å². The van der Waals surface area contributed by atoms with Crippen LogP contribution < -0.4 is 5.32 Å². The second kappa shape index (κ2) is 3.46. The number of nitrogens with one attached hydrogen (secondary N) is 1. The van der Waals surface area contributed by atoms with E-state index in [1.807, 2.05) is 11.9 Å². The molecule has 86 valence electrons. The third-order valence-corrected chi connectivity index (χ3v) is 3.98. The van der Waals surface area contributed by atoms with Gasteiger partial charge in [0.15, 0.2) is 0 Å². The number of amides is 1. The maximum absolute atomic E-state index is 11.5. The van der Waals surface area contributed by atoms with Crippen molar-refractivity contribution in [2.45, 2.75) is 43.9 Å². The largest absolute Gasteiger partial charge is 0.364 e. The molecule has 1 unspecified atom stereocenters. The van der Waals surface area contributed by atoms with Gasteiger partial charge in [-0.25, -0.2) is 0 Å². The second-order valence-electron chi connectivity index (χ2n) is 4.77. The van der Waals surface area contributed by atoms with Crippen LogP contribution in [-0.4, -0.2) is 42.8 Å². The third-order valence-electron chi connectivity index (χ3n) is 3.98. The summed E-state index contributed by atoms with van der Waals surface area (Å²) in [5.74, 6) is 0.202. The number of methoxy groups -OCH3 is 1. The summed E-state index contributed by atoms with van der Waals surface area (Å²) >= 11 is 0. The van der Waals surface area contributed by atoms with Crippen molar-refractivity contribution in [3.05, 3.63) is 0 Å². The van der Waals surface area contributed by atoms with Crippen LogP contribution in [0.15, 0.2) is 0 Å². The van der Waals surface area contributed by atoms with Gasteiger partial charge in [-0.15, -0.1) is 0 Å². The summed E-state index contributed by atoms with van der Waals surface area (Å²) < 4.78 is 5.58. The molecule has 1 atom stereocenters. The van der Waals surface area contributed by atoms with E-state index < -0.39 is 0 Å². The lowest BCUT2D eigenvalue weighted by molar-refractivity contribution is -0.145. The Kier molecular flexibility index (Phi) is 2.51. The first-order valence-electron chi connectivity index (χ1n) is 5.60. The van der Waals surface area contributed by atoms with Crippen LogP contribution in [0, 0.1) is 0 Å². The van der Waals surface area contributed by atoms with Gasteiger partial charge in [0, 0.05) is 39.0 Å². The lowest BCUT2D eigenvalue weighted by atomic mass is 9.91. The van der Waals surface area contributed by atoms with Crippen LogP contribution in [0.25, 0.3) is 0 Å². The maximum atomic E-state index is 11.5. The van der Waals surface area contributed by atoms with Crippen LogP contribution in [0.4, 0.5) is 0 Å². The molecule has 0 radical (unpaired) electrons. The van der Waals surface area contributed by atoms with Gasteiger partial charge in [-0.3, -0.25) is 10.1 Å². The lowest BCUT2D eigenvalue weighted by Gasteiger charge is -2.46. The van der Waals surface area contributed by atoms with Gasteiger partial charge >= 0.3 is 0 Å². The topological polar surface area (TPSA) is 41.6 Å². The van der Waals surface area contributed by atoms with Gasteiger partial charge in [-0.2, -0.15) is 0 Å².